The van der Waals surface area contributed by atoms with E-state index in [1.54, 1.807) is 48.5 Å². The highest BCUT2D eigenvalue weighted by molar-refractivity contribution is 7.92. The number of hydrogen-bond donors (Lipinski definition) is 0. The molecule has 3 atom stereocenters. The summed E-state index contributed by atoms with van der Waals surface area (Å²) in [6, 6.07) is 11.6. The first-order chi connectivity index (χ1) is 16.4. The number of nitrogens with zero attached hydrogens (tertiary/aromatic N) is 3. The van der Waals surface area contributed by atoms with E-state index < -0.39 is 22.1 Å². The molecule has 2 aliphatic heterocycles. The zero-order valence-electron chi connectivity index (χ0n) is 19.2. The molecule has 2 aromatic rings. The molecular weight excluding hydrogens is 454 g/mol. The number of aryl methyl sites for hydroxylation is 1. The molecule has 0 spiro atoms. The first-order valence-corrected chi connectivity index (χ1v) is 13.2. The van der Waals surface area contributed by atoms with Crippen molar-refractivity contribution in [3.8, 4) is 0 Å². The van der Waals surface area contributed by atoms with Crippen LogP contribution < -0.4 is 4.31 Å². The summed E-state index contributed by atoms with van der Waals surface area (Å²) in [4.78, 5) is 14.6. The maximum atomic E-state index is 14.1. The van der Waals surface area contributed by atoms with Crippen molar-refractivity contribution >= 4 is 15.7 Å². The molecular formula is C25H29N3O5S. The predicted molar refractivity (Wildman–Crippen MR) is 129 cm³/mol. The van der Waals surface area contributed by atoms with Gasteiger partial charge in [0.1, 0.15) is 6.04 Å². The second-order valence-corrected chi connectivity index (χ2v) is 11.0. The van der Waals surface area contributed by atoms with Gasteiger partial charge in [-0.15, -0.1) is 0 Å². The smallest absolute Gasteiger partial charge is 0.264 e. The monoisotopic (exact) mass is 483 g/mol. The standard InChI is InChI=1S/C25H29N3O5S/c1-18-10-12-19(13-11-18)34(31,32)27-23-9-5-3-7-21(23)25(28(29)30)24(27)20-6-2-4-8-22(20)26-14-16-33-17-15-26/h3,5,7-13,20,24-25H,2,4,6,14-17H2,1H3/t20-,24-,25+/m0/s1. The second kappa shape index (κ2) is 9.03. The number of sulfonamides is 1. The Morgan fingerprint density at radius 2 is 1.76 bits per heavy atom. The second-order valence-electron chi connectivity index (χ2n) is 9.16. The molecule has 5 rings (SSSR count). The molecule has 0 amide bonds. The molecule has 34 heavy (non-hydrogen) atoms. The lowest BCUT2D eigenvalue weighted by atomic mass is 9.82. The number of anilines is 1. The van der Waals surface area contributed by atoms with Gasteiger partial charge in [-0.2, -0.15) is 0 Å². The van der Waals surface area contributed by atoms with Crippen LogP contribution >= 0.6 is 0 Å². The van der Waals surface area contributed by atoms with Crippen LogP contribution in [0.3, 0.4) is 0 Å². The highest BCUT2D eigenvalue weighted by Crippen LogP contribution is 2.50. The Bertz CT molecular complexity index is 1210. The van der Waals surface area contributed by atoms with Crippen LogP contribution in [0.1, 0.15) is 36.4 Å². The van der Waals surface area contributed by atoms with Crippen molar-refractivity contribution in [2.75, 3.05) is 30.6 Å². The SMILES string of the molecule is Cc1ccc(S(=O)(=O)N2c3ccccc3[C@@H]([N+](=O)[O-])[C@@H]2[C@H]2CCCC=C2N2CCOCC2)cc1. The number of para-hydroxylation sites is 1. The molecule has 180 valence electrons. The number of rotatable bonds is 5. The fourth-order valence-corrected chi connectivity index (χ4v) is 7.28. The molecule has 0 unspecified atom stereocenters. The third-order valence-corrected chi connectivity index (χ3v) is 8.96. The molecule has 3 aliphatic rings. The number of hydrogen-bond acceptors (Lipinski definition) is 6. The van der Waals surface area contributed by atoms with Gasteiger partial charge in [-0.25, -0.2) is 8.42 Å². The van der Waals surface area contributed by atoms with Crippen molar-refractivity contribution in [1.82, 2.24) is 4.90 Å². The molecule has 2 heterocycles. The van der Waals surface area contributed by atoms with E-state index in [1.807, 2.05) is 6.92 Å². The largest absolute Gasteiger partial charge is 0.378 e. The number of allylic oxidation sites excluding steroid dienone is 1. The maximum Gasteiger partial charge on any atom is 0.264 e. The molecule has 1 fully saturated rings. The van der Waals surface area contributed by atoms with Crippen LogP contribution in [-0.2, 0) is 14.8 Å². The van der Waals surface area contributed by atoms with Gasteiger partial charge < -0.3 is 9.64 Å². The summed E-state index contributed by atoms with van der Waals surface area (Å²) in [6.07, 6.45) is 4.60. The lowest BCUT2D eigenvalue weighted by Crippen LogP contribution is -2.49. The summed E-state index contributed by atoms with van der Waals surface area (Å²) >= 11 is 0. The first-order valence-electron chi connectivity index (χ1n) is 11.8. The highest BCUT2D eigenvalue weighted by Gasteiger charge is 2.55. The average molecular weight is 484 g/mol. The normalized spacial score (nSPS) is 25.1. The zero-order valence-corrected chi connectivity index (χ0v) is 20.0. The van der Waals surface area contributed by atoms with E-state index in [0.29, 0.717) is 44.0 Å². The number of nitro groups is 1. The predicted octanol–water partition coefficient (Wildman–Crippen LogP) is 3.91. The Morgan fingerprint density at radius 3 is 2.47 bits per heavy atom. The van der Waals surface area contributed by atoms with Crippen LogP contribution in [-0.4, -0.2) is 50.6 Å². The zero-order chi connectivity index (χ0) is 23.9. The quantitative estimate of drug-likeness (QED) is 0.473. The Hall–Kier alpha value is -2.91. The van der Waals surface area contributed by atoms with E-state index in [1.165, 1.54) is 4.31 Å². The number of ether oxygens (including phenoxy) is 1. The molecule has 0 saturated carbocycles. The minimum Gasteiger partial charge on any atom is -0.378 e. The van der Waals surface area contributed by atoms with Crippen LogP contribution in [0.5, 0.6) is 0 Å². The van der Waals surface area contributed by atoms with Gasteiger partial charge in [0.15, 0.2) is 0 Å². The minimum atomic E-state index is -4.03. The number of morpholine rings is 1. The van der Waals surface area contributed by atoms with E-state index in [4.69, 9.17) is 4.74 Å². The Labute approximate surface area is 200 Å². The van der Waals surface area contributed by atoms with Crippen molar-refractivity contribution in [3.05, 3.63) is 81.5 Å². The van der Waals surface area contributed by atoms with Gasteiger partial charge in [0.25, 0.3) is 16.1 Å². The van der Waals surface area contributed by atoms with Crippen molar-refractivity contribution in [2.45, 2.75) is 43.2 Å². The highest BCUT2D eigenvalue weighted by atomic mass is 32.2. The molecule has 0 aromatic heterocycles. The van der Waals surface area contributed by atoms with Gasteiger partial charge in [0.05, 0.1) is 29.4 Å². The van der Waals surface area contributed by atoms with Crippen LogP contribution in [0.4, 0.5) is 5.69 Å². The van der Waals surface area contributed by atoms with Crippen LogP contribution in [0.2, 0.25) is 0 Å². The van der Waals surface area contributed by atoms with Crippen LogP contribution in [0, 0.1) is 23.0 Å². The number of benzene rings is 2. The Morgan fingerprint density at radius 1 is 1.06 bits per heavy atom. The summed E-state index contributed by atoms with van der Waals surface area (Å²) in [6.45, 7) is 4.50. The first kappa shape index (κ1) is 22.9. The van der Waals surface area contributed by atoms with E-state index in [9.17, 15) is 18.5 Å². The Balaban J connectivity index is 1.66. The van der Waals surface area contributed by atoms with E-state index >= 15 is 0 Å². The summed E-state index contributed by atoms with van der Waals surface area (Å²) in [5.41, 5.74) is 2.83. The van der Waals surface area contributed by atoms with Crippen LogP contribution in [0.15, 0.2) is 65.2 Å². The third-order valence-electron chi connectivity index (χ3n) is 7.13. The lowest BCUT2D eigenvalue weighted by molar-refractivity contribution is -0.531. The molecule has 2 aromatic carbocycles. The van der Waals surface area contributed by atoms with Gasteiger partial charge in [-0.1, -0.05) is 35.9 Å². The topological polar surface area (TPSA) is 93.0 Å². The van der Waals surface area contributed by atoms with E-state index in [-0.39, 0.29) is 15.7 Å². The molecule has 9 heteroatoms. The van der Waals surface area contributed by atoms with E-state index in [2.05, 4.69) is 11.0 Å². The van der Waals surface area contributed by atoms with Gasteiger partial charge in [0.2, 0.25) is 0 Å². The average Bonchev–Trinajstić information content (AvgIpc) is 3.21. The molecule has 0 N–H and O–H groups in total. The van der Waals surface area contributed by atoms with Crippen molar-refractivity contribution in [3.63, 3.8) is 0 Å². The summed E-state index contributed by atoms with van der Waals surface area (Å²) in [5.74, 6) is -0.283. The van der Waals surface area contributed by atoms with Gasteiger partial charge in [0, 0.05) is 29.6 Å². The summed E-state index contributed by atoms with van der Waals surface area (Å²) in [7, 11) is -4.03. The van der Waals surface area contributed by atoms with Gasteiger partial charge in [-0.3, -0.25) is 14.4 Å². The summed E-state index contributed by atoms with van der Waals surface area (Å²) in [5, 5.41) is 12.5. The minimum absolute atomic E-state index is 0.148. The fraction of sp³-hybridized carbons (Fsp3) is 0.440. The van der Waals surface area contributed by atoms with Crippen molar-refractivity contribution < 1.29 is 18.1 Å². The van der Waals surface area contributed by atoms with Crippen molar-refractivity contribution in [2.24, 2.45) is 5.92 Å². The third kappa shape index (κ3) is 3.86. The molecule has 8 nitrogen and oxygen atoms in total. The number of fused-ring (bicyclic) bond motifs is 1. The molecule has 1 saturated heterocycles. The Kier molecular flexibility index (Phi) is 6.07. The van der Waals surface area contributed by atoms with Gasteiger partial charge in [-0.05, 0) is 50.5 Å². The van der Waals surface area contributed by atoms with Gasteiger partial charge >= 0.3 is 0 Å². The molecule has 0 radical (unpaired) electrons. The van der Waals surface area contributed by atoms with E-state index in [0.717, 1.165) is 24.1 Å². The van der Waals surface area contributed by atoms with Crippen LogP contribution in [0.25, 0.3) is 0 Å². The molecule has 1 aliphatic carbocycles. The van der Waals surface area contributed by atoms with Crippen molar-refractivity contribution in [1.29, 1.82) is 0 Å². The molecule has 0 bridgehead atoms. The summed E-state index contributed by atoms with van der Waals surface area (Å²) < 4.78 is 35.0. The maximum absolute atomic E-state index is 14.1. The lowest BCUT2D eigenvalue weighted by Gasteiger charge is -2.41. The fourth-order valence-electron chi connectivity index (χ4n) is 5.56.